The van der Waals surface area contributed by atoms with Gasteiger partial charge in [0.05, 0.1) is 6.61 Å². The van der Waals surface area contributed by atoms with Crippen LogP contribution in [-0.4, -0.2) is 45.2 Å². The van der Waals surface area contributed by atoms with Gasteiger partial charge in [0.2, 0.25) is 0 Å². The minimum Gasteiger partial charge on any atom is -0.462 e. The molecule has 2 N–H and O–H groups in total. The first-order chi connectivity index (χ1) is 8.11. The summed E-state index contributed by atoms with van der Waals surface area (Å²) in [5.41, 5.74) is 0.104. The highest BCUT2D eigenvalue weighted by Gasteiger charge is 2.24. The van der Waals surface area contributed by atoms with Crippen molar-refractivity contribution in [3.63, 3.8) is 0 Å². The number of hydrogen-bond donors (Lipinski definition) is 2. The number of aliphatic hydroxyl groups excluding tert-OH is 2. The van der Waals surface area contributed by atoms with Crippen LogP contribution in [0.3, 0.4) is 0 Å². The number of hydrogen-bond acceptors (Lipinski definition) is 6. The molecule has 7 nitrogen and oxygen atoms in total. The molecule has 94 valence electrons. The van der Waals surface area contributed by atoms with Crippen molar-refractivity contribution in [3.05, 3.63) is 22.1 Å². The van der Waals surface area contributed by atoms with Gasteiger partial charge in [0.15, 0.2) is 0 Å². The zero-order chi connectivity index (χ0) is 12.4. The SMILES string of the molecule is Cc1cn2c(nc1=O)OCC(O)[C@@H](CO)OC2. The van der Waals surface area contributed by atoms with Gasteiger partial charge in [-0.05, 0) is 6.92 Å². The van der Waals surface area contributed by atoms with Crippen LogP contribution >= 0.6 is 0 Å². The number of ether oxygens (including phenoxy) is 2. The number of aliphatic hydroxyl groups is 2. The van der Waals surface area contributed by atoms with E-state index < -0.39 is 12.2 Å². The number of nitrogens with zero attached hydrogens (tertiary/aromatic N) is 2. The topological polar surface area (TPSA) is 93.8 Å². The molecule has 0 aliphatic carbocycles. The molecule has 0 bridgehead atoms. The Kier molecular flexibility index (Phi) is 3.41. The summed E-state index contributed by atoms with van der Waals surface area (Å²) in [7, 11) is 0. The van der Waals surface area contributed by atoms with E-state index in [1.165, 1.54) is 4.57 Å². The average Bonchev–Trinajstić information content (AvgIpc) is 2.30. The first kappa shape index (κ1) is 12.0. The van der Waals surface area contributed by atoms with Gasteiger partial charge in [0.25, 0.3) is 5.56 Å². The average molecular weight is 242 g/mol. The van der Waals surface area contributed by atoms with Gasteiger partial charge in [0.1, 0.15) is 25.5 Å². The van der Waals surface area contributed by atoms with Crippen molar-refractivity contribution >= 4 is 0 Å². The van der Waals surface area contributed by atoms with Gasteiger partial charge < -0.3 is 19.7 Å². The lowest BCUT2D eigenvalue weighted by atomic mass is 10.2. The van der Waals surface area contributed by atoms with Crippen molar-refractivity contribution in [2.24, 2.45) is 0 Å². The standard InChI is InChI=1S/C10H14N2O5/c1-6-2-12-5-17-8(3-13)7(14)4-16-10(12)11-9(6)15/h2,7-8,13-14H,3-5H2,1H3/t7?,8-/m1/s1. The smallest absolute Gasteiger partial charge is 0.301 e. The molecule has 2 atom stereocenters. The highest BCUT2D eigenvalue weighted by molar-refractivity contribution is 5.08. The normalized spacial score (nSPS) is 24.4. The van der Waals surface area contributed by atoms with Gasteiger partial charge in [-0.1, -0.05) is 0 Å². The van der Waals surface area contributed by atoms with E-state index in [-0.39, 0.29) is 31.5 Å². The highest BCUT2D eigenvalue weighted by atomic mass is 16.6. The highest BCUT2D eigenvalue weighted by Crippen LogP contribution is 2.13. The molecule has 0 saturated carbocycles. The van der Waals surface area contributed by atoms with Crippen LogP contribution < -0.4 is 10.3 Å². The second-order valence-corrected chi connectivity index (χ2v) is 3.88. The maximum absolute atomic E-state index is 11.3. The van der Waals surface area contributed by atoms with E-state index >= 15 is 0 Å². The molecule has 1 aromatic rings. The van der Waals surface area contributed by atoms with Crippen LogP contribution in [-0.2, 0) is 11.5 Å². The number of aromatic nitrogens is 2. The predicted molar refractivity (Wildman–Crippen MR) is 56.7 cm³/mol. The zero-order valence-corrected chi connectivity index (χ0v) is 9.37. The van der Waals surface area contributed by atoms with Crippen molar-refractivity contribution in [1.82, 2.24) is 9.55 Å². The molecule has 1 aromatic heterocycles. The second kappa shape index (κ2) is 4.82. The van der Waals surface area contributed by atoms with E-state index in [9.17, 15) is 9.90 Å². The fraction of sp³-hybridized carbons (Fsp3) is 0.600. The van der Waals surface area contributed by atoms with Gasteiger partial charge in [-0.25, -0.2) is 0 Å². The van der Waals surface area contributed by atoms with Crippen molar-refractivity contribution in [3.8, 4) is 6.01 Å². The Morgan fingerprint density at radius 3 is 3.12 bits per heavy atom. The Bertz CT molecular complexity index is 458. The maximum Gasteiger partial charge on any atom is 0.301 e. The number of rotatable bonds is 1. The second-order valence-electron chi connectivity index (χ2n) is 3.88. The third kappa shape index (κ3) is 2.46. The lowest BCUT2D eigenvalue weighted by Gasteiger charge is -2.26. The van der Waals surface area contributed by atoms with Crippen LogP contribution in [0.25, 0.3) is 0 Å². The minimum atomic E-state index is -0.952. The Balaban J connectivity index is 2.30. The van der Waals surface area contributed by atoms with Crippen LogP contribution in [0.15, 0.2) is 11.0 Å². The van der Waals surface area contributed by atoms with Gasteiger partial charge in [0, 0.05) is 11.8 Å². The molecule has 0 amide bonds. The molecule has 2 rings (SSSR count). The Morgan fingerprint density at radius 1 is 1.65 bits per heavy atom. The predicted octanol–water partition coefficient (Wildman–Crippen LogP) is -1.36. The fourth-order valence-corrected chi connectivity index (χ4v) is 1.52. The molecule has 7 heteroatoms. The largest absolute Gasteiger partial charge is 0.462 e. The molecule has 0 spiro atoms. The van der Waals surface area contributed by atoms with E-state index in [1.807, 2.05) is 0 Å². The van der Waals surface area contributed by atoms with Gasteiger partial charge >= 0.3 is 6.01 Å². The molecular weight excluding hydrogens is 228 g/mol. The summed E-state index contributed by atoms with van der Waals surface area (Å²) < 4.78 is 12.0. The summed E-state index contributed by atoms with van der Waals surface area (Å²) in [6, 6.07) is 0.107. The summed E-state index contributed by atoms with van der Waals surface area (Å²) in [5.74, 6) is 0. The Hall–Kier alpha value is -1.44. The van der Waals surface area contributed by atoms with Crippen LogP contribution in [0.4, 0.5) is 0 Å². The fourth-order valence-electron chi connectivity index (χ4n) is 1.52. The molecular formula is C10H14N2O5. The zero-order valence-electron chi connectivity index (χ0n) is 9.37. The monoisotopic (exact) mass is 242 g/mol. The summed E-state index contributed by atoms with van der Waals surface area (Å²) in [5, 5.41) is 18.6. The van der Waals surface area contributed by atoms with E-state index in [2.05, 4.69) is 4.98 Å². The first-order valence-electron chi connectivity index (χ1n) is 5.23. The van der Waals surface area contributed by atoms with Crippen LogP contribution in [0.1, 0.15) is 5.56 Å². The molecule has 1 aliphatic heterocycles. The van der Waals surface area contributed by atoms with E-state index in [1.54, 1.807) is 13.1 Å². The van der Waals surface area contributed by atoms with Crippen molar-refractivity contribution in [1.29, 1.82) is 0 Å². The minimum absolute atomic E-state index is 0.0612. The third-order valence-corrected chi connectivity index (χ3v) is 2.55. The quantitative estimate of drug-likeness (QED) is 0.631. The van der Waals surface area contributed by atoms with Crippen molar-refractivity contribution < 1.29 is 19.7 Å². The van der Waals surface area contributed by atoms with Crippen molar-refractivity contribution in [2.75, 3.05) is 13.2 Å². The van der Waals surface area contributed by atoms with E-state index in [4.69, 9.17) is 14.6 Å². The molecule has 1 aliphatic rings. The summed E-state index contributed by atoms with van der Waals surface area (Å²) in [4.78, 5) is 15.1. The van der Waals surface area contributed by atoms with Gasteiger partial charge in [-0.2, -0.15) is 4.98 Å². The number of fused-ring (bicyclic) bond motifs is 1. The molecule has 1 unspecified atom stereocenters. The van der Waals surface area contributed by atoms with Crippen molar-refractivity contribution in [2.45, 2.75) is 25.9 Å². The van der Waals surface area contributed by atoms with Crippen LogP contribution in [0.5, 0.6) is 6.01 Å². The van der Waals surface area contributed by atoms with Crippen LogP contribution in [0.2, 0.25) is 0 Å². The molecule has 17 heavy (non-hydrogen) atoms. The van der Waals surface area contributed by atoms with E-state index in [0.717, 1.165) is 0 Å². The lowest BCUT2D eigenvalue weighted by molar-refractivity contribution is -0.112. The van der Waals surface area contributed by atoms with Crippen LogP contribution in [0, 0.1) is 6.92 Å². The number of aryl methyl sites for hydroxylation is 1. The molecule has 2 heterocycles. The maximum atomic E-state index is 11.3. The third-order valence-electron chi connectivity index (χ3n) is 2.55. The summed E-state index contributed by atoms with van der Waals surface area (Å²) in [6.07, 6.45) is -0.0913. The summed E-state index contributed by atoms with van der Waals surface area (Å²) >= 11 is 0. The Labute approximate surface area is 97.2 Å². The molecule has 0 fully saturated rings. The molecule has 0 radical (unpaired) electrons. The first-order valence-corrected chi connectivity index (χ1v) is 5.23. The van der Waals surface area contributed by atoms with E-state index in [0.29, 0.717) is 5.56 Å². The Morgan fingerprint density at radius 2 is 2.41 bits per heavy atom. The molecule has 0 aromatic carbocycles. The van der Waals surface area contributed by atoms with Gasteiger partial charge in [-0.15, -0.1) is 0 Å². The molecule has 0 saturated heterocycles. The van der Waals surface area contributed by atoms with Gasteiger partial charge in [-0.3, -0.25) is 9.36 Å². The lowest BCUT2D eigenvalue weighted by Crippen LogP contribution is -2.40. The summed E-state index contributed by atoms with van der Waals surface area (Å²) in [6.45, 7) is 1.32.